The molecule has 25 heavy (non-hydrogen) atoms. The van der Waals surface area contributed by atoms with Gasteiger partial charge < -0.3 is 11.9 Å². The number of nitrogens with two attached hydrogens (primary N) is 1. The SMILES string of the molecule is C.C.Cc1cc([N+](=O)[O-])ccc1Cl.Cc1cc([N+](=O)[O-])ccc1N.N. The molecule has 0 aliphatic carbocycles. The normalized spacial score (nSPS) is 8.44. The zero-order chi connectivity index (χ0) is 16.9. The molecule has 0 heterocycles. The molecule has 140 valence electrons. The Bertz CT molecular complexity index is 662. The van der Waals surface area contributed by atoms with Gasteiger partial charge in [-0.15, -0.1) is 0 Å². The van der Waals surface area contributed by atoms with Crippen LogP contribution in [0, 0.1) is 34.1 Å². The van der Waals surface area contributed by atoms with Crippen LogP contribution in [0.25, 0.3) is 0 Å². The summed E-state index contributed by atoms with van der Waals surface area (Å²) >= 11 is 5.66. The average Bonchev–Trinajstić information content (AvgIpc) is 2.45. The van der Waals surface area contributed by atoms with E-state index in [0.29, 0.717) is 10.7 Å². The largest absolute Gasteiger partial charge is 0.399 e. The number of rotatable bonds is 2. The number of aryl methyl sites for hydroxylation is 2. The first-order valence-electron chi connectivity index (χ1n) is 6.13. The summed E-state index contributed by atoms with van der Waals surface area (Å²) in [6.07, 6.45) is 0. The van der Waals surface area contributed by atoms with Crippen LogP contribution in [-0.2, 0) is 0 Å². The Hall–Kier alpha value is -2.71. The van der Waals surface area contributed by atoms with Gasteiger partial charge in [0, 0.05) is 35.0 Å². The Balaban J connectivity index is -0.000000346. The molecule has 0 aromatic heterocycles. The van der Waals surface area contributed by atoms with E-state index in [1.807, 2.05) is 0 Å². The number of anilines is 1. The minimum atomic E-state index is -0.441. The number of nitrogen functional groups attached to an aromatic ring is 1. The van der Waals surface area contributed by atoms with Crippen LogP contribution in [0.5, 0.6) is 0 Å². The van der Waals surface area contributed by atoms with Gasteiger partial charge in [-0.2, -0.15) is 0 Å². The fourth-order valence-electron chi connectivity index (χ4n) is 1.52. The molecule has 0 radical (unpaired) electrons. The van der Waals surface area contributed by atoms with Gasteiger partial charge in [-0.25, -0.2) is 0 Å². The molecule has 0 amide bonds. The predicted octanol–water partition coefficient (Wildman–Crippen LogP) is 5.48. The van der Waals surface area contributed by atoms with Crippen LogP contribution >= 0.6 is 11.6 Å². The smallest absolute Gasteiger partial charge is 0.269 e. The van der Waals surface area contributed by atoms with E-state index in [1.54, 1.807) is 13.8 Å². The molecule has 0 spiro atoms. The molecule has 5 N–H and O–H groups in total. The third-order valence-electron chi connectivity index (χ3n) is 2.82. The van der Waals surface area contributed by atoms with Crippen LogP contribution in [0.4, 0.5) is 17.1 Å². The number of nitro benzene ring substituents is 2. The third-order valence-corrected chi connectivity index (χ3v) is 3.24. The monoisotopic (exact) mass is 372 g/mol. The van der Waals surface area contributed by atoms with Gasteiger partial charge in [-0.3, -0.25) is 20.2 Å². The van der Waals surface area contributed by atoms with Gasteiger partial charge in [-0.05, 0) is 37.1 Å². The Morgan fingerprint density at radius 2 is 1.28 bits per heavy atom. The highest BCUT2D eigenvalue weighted by Crippen LogP contribution is 2.20. The summed E-state index contributed by atoms with van der Waals surface area (Å²) in [4.78, 5) is 19.6. The second kappa shape index (κ2) is 11.8. The molecule has 0 saturated heterocycles. The zero-order valence-corrected chi connectivity index (χ0v) is 13.4. The lowest BCUT2D eigenvalue weighted by molar-refractivity contribution is -0.385. The van der Waals surface area contributed by atoms with Gasteiger partial charge in [-0.1, -0.05) is 26.5 Å². The highest BCUT2D eigenvalue weighted by molar-refractivity contribution is 6.31. The first-order valence-corrected chi connectivity index (χ1v) is 6.51. The van der Waals surface area contributed by atoms with Crippen molar-refractivity contribution in [2.75, 3.05) is 5.73 Å². The van der Waals surface area contributed by atoms with Gasteiger partial charge in [0.05, 0.1) is 9.85 Å². The van der Waals surface area contributed by atoms with Crippen LogP contribution in [0.15, 0.2) is 36.4 Å². The molecule has 9 heteroatoms. The van der Waals surface area contributed by atoms with E-state index in [2.05, 4.69) is 0 Å². The lowest BCUT2D eigenvalue weighted by Gasteiger charge is -1.97. The molecule has 2 rings (SSSR count). The number of halogens is 1. The number of nitro groups is 2. The van der Waals surface area contributed by atoms with E-state index in [0.717, 1.165) is 11.1 Å². The second-order valence-corrected chi connectivity index (χ2v) is 4.90. The van der Waals surface area contributed by atoms with Crippen LogP contribution in [0.3, 0.4) is 0 Å². The summed E-state index contributed by atoms with van der Waals surface area (Å²) in [5.74, 6) is 0. The average molecular weight is 373 g/mol. The van der Waals surface area contributed by atoms with Crippen molar-refractivity contribution in [1.82, 2.24) is 6.15 Å². The van der Waals surface area contributed by atoms with E-state index < -0.39 is 9.85 Å². The van der Waals surface area contributed by atoms with E-state index >= 15 is 0 Å². The summed E-state index contributed by atoms with van der Waals surface area (Å²) < 4.78 is 0. The lowest BCUT2D eigenvalue weighted by Crippen LogP contribution is -1.92. The lowest BCUT2D eigenvalue weighted by atomic mass is 10.2. The summed E-state index contributed by atoms with van der Waals surface area (Å²) in [5.41, 5.74) is 7.66. The maximum Gasteiger partial charge on any atom is 0.269 e. The summed E-state index contributed by atoms with van der Waals surface area (Å²) in [5, 5.41) is 21.0. The molecule has 0 unspecified atom stereocenters. The van der Waals surface area contributed by atoms with Crippen molar-refractivity contribution in [2.45, 2.75) is 28.7 Å². The van der Waals surface area contributed by atoms with E-state index in [1.165, 1.54) is 36.4 Å². The van der Waals surface area contributed by atoms with E-state index in [4.69, 9.17) is 17.3 Å². The van der Waals surface area contributed by atoms with Gasteiger partial charge in [0.2, 0.25) is 0 Å². The van der Waals surface area contributed by atoms with Crippen LogP contribution in [0.1, 0.15) is 26.0 Å². The quantitative estimate of drug-likeness (QED) is 0.405. The molecule has 0 atom stereocenters. The van der Waals surface area contributed by atoms with Crippen LogP contribution in [0.2, 0.25) is 5.02 Å². The summed E-state index contributed by atoms with van der Waals surface area (Å²) in [6.45, 7) is 3.47. The van der Waals surface area contributed by atoms with Crippen molar-refractivity contribution in [3.63, 3.8) is 0 Å². The summed E-state index contributed by atoms with van der Waals surface area (Å²) in [6, 6.07) is 8.73. The molecular formula is C16H25ClN4O4. The highest BCUT2D eigenvalue weighted by atomic mass is 35.5. The minimum Gasteiger partial charge on any atom is -0.399 e. The first-order chi connectivity index (χ1) is 10.2. The second-order valence-electron chi connectivity index (χ2n) is 4.49. The molecule has 2 aromatic carbocycles. The zero-order valence-electron chi connectivity index (χ0n) is 12.7. The molecule has 0 saturated carbocycles. The van der Waals surface area contributed by atoms with Gasteiger partial charge >= 0.3 is 0 Å². The van der Waals surface area contributed by atoms with Crippen molar-refractivity contribution < 1.29 is 9.85 Å². The number of hydrogen-bond donors (Lipinski definition) is 2. The van der Waals surface area contributed by atoms with Gasteiger partial charge in [0.25, 0.3) is 11.4 Å². The maximum atomic E-state index is 10.2. The molecule has 0 bridgehead atoms. The van der Waals surface area contributed by atoms with Crippen LogP contribution < -0.4 is 11.9 Å². The van der Waals surface area contributed by atoms with Crippen molar-refractivity contribution in [3.8, 4) is 0 Å². The Labute approximate surface area is 152 Å². The topological polar surface area (TPSA) is 147 Å². The van der Waals surface area contributed by atoms with E-state index in [9.17, 15) is 20.2 Å². The molecule has 0 aliphatic rings. The predicted molar refractivity (Wildman–Crippen MR) is 104 cm³/mol. The molecule has 2 aromatic rings. The van der Waals surface area contributed by atoms with E-state index in [-0.39, 0.29) is 32.4 Å². The van der Waals surface area contributed by atoms with Gasteiger partial charge in [0.1, 0.15) is 0 Å². The number of non-ortho nitro benzene ring substituents is 2. The number of hydrogen-bond acceptors (Lipinski definition) is 6. The first kappa shape index (κ1) is 27.2. The number of nitrogens with zero attached hydrogens (tertiary/aromatic N) is 2. The maximum absolute atomic E-state index is 10.2. The summed E-state index contributed by atoms with van der Waals surface area (Å²) in [7, 11) is 0. The van der Waals surface area contributed by atoms with Crippen molar-refractivity contribution in [1.29, 1.82) is 0 Å². The van der Waals surface area contributed by atoms with Crippen molar-refractivity contribution >= 4 is 28.7 Å². The fraction of sp³-hybridized carbons (Fsp3) is 0.250. The molecular weight excluding hydrogens is 348 g/mol. The highest BCUT2D eigenvalue weighted by Gasteiger charge is 2.06. The minimum absolute atomic E-state index is 0. The Morgan fingerprint density at radius 1 is 0.880 bits per heavy atom. The Morgan fingerprint density at radius 3 is 1.64 bits per heavy atom. The van der Waals surface area contributed by atoms with Crippen LogP contribution in [-0.4, -0.2) is 9.85 Å². The van der Waals surface area contributed by atoms with Crippen molar-refractivity contribution in [2.24, 2.45) is 0 Å². The number of benzene rings is 2. The Kier molecular flexibility index (Phi) is 12.8. The van der Waals surface area contributed by atoms with Gasteiger partial charge in [0.15, 0.2) is 0 Å². The van der Waals surface area contributed by atoms with Crippen molar-refractivity contribution in [3.05, 3.63) is 72.8 Å². The molecule has 8 nitrogen and oxygen atoms in total. The molecule has 0 fully saturated rings. The third kappa shape index (κ3) is 8.09. The molecule has 0 aliphatic heterocycles. The standard InChI is InChI=1S/C7H6ClNO2.C7H8N2O2.2CH4.H3N/c2*1-5-4-6(9(10)11)2-3-7(5)8;;;/h2-4H,1H3;2-4H,8H2,1H3;2*1H4;1H3. The fourth-order valence-corrected chi connectivity index (χ4v) is 1.63.